The fourth-order valence-electron chi connectivity index (χ4n) is 2.88. The average molecular weight is 310 g/mol. The zero-order valence-corrected chi connectivity index (χ0v) is 13.6. The van der Waals surface area contributed by atoms with Crippen LogP contribution in [0.4, 0.5) is 0 Å². The molecule has 0 bridgehead atoms. The Balaban J connectivity index is 1.87. The SMILES string of the molecule is CCN(CC)CC1CCN(C(=O)c2ccnc(Cl)c2)CC1. The van der Waals surface area contributed by atoms with Crippen molar-refractivity contribution < 1.29 is 4.79 Å². The molecule has 0 spiro atoms. The molecule has 1 saturated heterocycles. The topological polar surface area (TPSA) is 36.4 Å². The van der Waals surface area contributed by atoms with E-state index < -0.39 is 0 Å². The van der Waals surface area contributed by atoms with Crippen LogP contribution >= 0.6 is 11.6 Å². The molecule has 2 heterocycles. The maximum atomic E-state index is 12.4. The summed E-state index contributed by atoms with van der Waals surface area (Å²) in [7, 11) is 0. The Morgan fingerprint density at radius 2 is 2.05 bits per heavy atom. The number of piperidine rings is 1. The minimum Gasteiger partial charge on any atom is -0.339 e. The van der Waals surface area contributed by atoms with Crippen LogP contribution in [0.25, 0.3) is 0 Å². The van der Waals surface area contributed by atoms with Gasteiger partial charge in [0.05, 0.1) is 0 Å². The smallest absolute Gasteiger partial charge is 0.254 e. The molecular formula is C16H24ClN3O. The van der Waals surface area contributed by atoms with Gasteiger partial charge in [-0.1, -0.05) is 25.4 Å². The highest BCUT2D eigenvalue weighted by molar-refractivity contribution is 6.29. The molecule has 0 atom stereocenters. The van der Waals surface area contributed by atoms with Gasteiger partial charge in [0.15, 0.2) is 0 Å². The third-order valence-electron chi connectivity index (χ3n) is 4.29. The summed E-state index contributed by atoms with van der Waals surface area (Å²) in [5.74, 6) is 0.774. The molecular weight excluding hydrogens is 286 g/mol. The first-order chi connectivity index (χ1) is 10.1. The first-order valence-electron chi connectivity index (χ1n) is 7.77. The molecule has 0 radical (unpaired) electrons. The molecule has 0 unspecified atom stereocenters. The van der Waals surface area contributed by atoms with Crippen molar-refractivity contribution in [2.45, 2.75) is 26.7 Å². The van der Waals surface area contributed by atoms with Gasteiger partial charge in [-0.15, -0.1) is 0 Å². The van der Waals surface area contributed by atoms with Gasteiger partial charge in [0.25, 0.3) is 5.91 Å². The summed E-state index contributed by atoms with van der Waals surface area (Å²) in [6.45, 7) is 9.44. The summed E-state index contributed by atoms with van der Waals surface area (Å²) < 4.78 is 0. The molecule has 1 aromatic heterocycles. The van der Waals surface area contributed by atoms with Crippen LogP contribution in [0, 0.1) is 5.92 Å². The molecule has 1 aliphatic heterocycles. The largest absolute Gasteiger partial charge is 0.339 e. The number of hydrogen-bond donors (Lipinski definition) is 0. The van der Waals surface area contributed by atoms with Gasteiger partial charge < -0.3 is 9.80 Å². The Bertz CT molecular complexity index is 468. The molecule has 1 fully saturated rings. The van der Waals surface area contributed by atoms with E-state index in [9.17, 15) is 4.79 Å². The van der Waals surface area contributed by atoms with Crippen LogP contribution in [0.3, 0.4) is 0 Å². The number of rotatable bonds is 5. The zero-order chi connectivity index (χ0) is 15.2. The number of hydrogen-bond acceptors (Lipinski definition) is 3. The minimum atomic E-state index is 0.0700. The van der Waals surface area contributed by atoms with Gasteiger partial charge in [-0.05, 0) is 44.0 Å². The molecule has 1 aliphatic rings. The van der Waals surface area contributed by atoms with E-state index in [-0.39, 0.29) is 5.91 Å². The number of carbonyl (C=O) groups is 1. The second-order valence-electron chi connectivity index (χ2n) is 5.59. The zero-order valence-electron chi connectivity index (χ0n) is 12.9. The van der Waals surface area contributed by atoms with Crippen LogP contribution in [-0.4, -0.2) is 53.4 Å². The molecule has 0 aliphatic carbocycles. The molecule has 4 nitrogen and oxygen atoms in total. The molecule has 21 heavy (non-hydrogen) atoms. The number of amides is 1. The van der Waals surface area contributed by atoms with Crippen molar-refractivity contribution in [1.29, 1.82) is 0 Å². The van der Waals surface area contributed by atoms with Crippen molar-refractivity contribution in [3.63, 3.8) is 0 Å². The summed E-state index contributed by atoms with van der Waals surface area (Å²) in [6.07, 6.45) is 3.75. The first-order valence-corrected chi connectivity index (χ1v) is 8.15. The summed E-state index contributed by atoms with van der Waals surface area (Å²) >= 11 is 5.85. The fourth-order valence-corrected chi connectivity index (χ4v) is 3.06. The van der Waals surface area contributed by atoms with Crippen LogP contribution in [0.5, 0.6) is 0 Å². The Kier molecular flexibility index (Phi) is 6.00. The minimum absolute atomic E-state index is 0.0700. The lowest BCUT2D eigenvalue weighted by Crippen LogP contribution is -2.41. The van der Waals surface area contributed by atoms with Gasteiger partial charge in [0.2, 0.25) is 0 Å². The Morgan fingerprint density at radius 3 is 2.62 bits per heavy atom. The lowest BCUT2D eigenvalue weighted by Gasteiger charge is -2.34. The van der Waals surface area contributed by atoms with E-state index in [1.807, 2.05) is 4.90 Å². The lowest BCUT2D eigenvalue weighted by molar-refractivity contribution is 0.0669. The number of likely N-dealkylation sites (tertiary alicyclic amines) is 1. The van der Waals surface area contributed by atoms with Crippen LogP contribution in [-0.2, 0) is 0 Å². The summed E-state index contributed by atoms with van der Waals surface area (Å²) in [4.78, 5) is 20.7. The normalized spacial score (nSPS) is 16.5. The number of aromatic nitrogens is 1. The standard InChI is InChI=1S/C16H24ClN3O/c1-3-19(4-2)12-13-6-9-20(10-7-13)16(21)14-5-8-18-15(17)11-14/h5,8,11,13H,3-4,6-7,9-10,12H2,1-2H3. The maximum Gasteiger partial charge on any atom is 0.254 e. The monoisotopic (exact) mass is 309 g/mol. The predicted molar refractivity (Wildman–Crippen MR) is 85.7 cm³/mol. The van der Waals surface area contributed by atoms with Crippen molar-refractivity contribution in [3.05, 3.63) is 29.0 Å². The van der Waals surface area contributed by atoms with Crippen LogP contribution in [0.15, 0.2) is 18.3 Å². The van der Waals surface area contributed by atoms with E-state index in [2.05, 4.69) is 23.7 Å². The number of nitrogens with zero attached hydrogens (tertiary/aromatic N) is 3. The predicted octanol–water partition coefficient (Wildman–Crippen LogP) is 2.93. The van der Waals surface area contributed by atoms with Crippen LogP contribution in [0.1, 0.15) is 37.0 Å². The van der Waals surface area contributed by atoms with Crippen molar-refractivity contribution in [2.75, 3.05) is 32.7 Å². The summed E-state index contributed by atoms with van der Waals surface area (Å²) in [5.41, 5.74) is 0.636. The highest BCUT2D eigenvalue weighted by Crippen LogP contribution is 2.20. The number of halogens is 1. The number of carbonyl (C=O) groups excluding carboxylic acids is 1. The Morgan fingerprint density at radius 1 is 1.38 bits per heavy atom. The van der Waals surface area contributed by atoms with E-state index in [1.165, 1.54) is 0 Å². The Hall–Kier alpha value is -1.13. The van der Waals surface area contributed by atoms with Gasteiger partial charge >= 0.3 is 0 Å². The van der Waals surface area contributed by atoms with Gasteiger partial charge in [-0.25, -0.2) is 4.98 Å². The quantitative estimate of drug-likeness (QED) is 0.785. The average Bonchev–Trinajstić information content (AvgIpc) is 2.52. The van der Waals surface area contributed by atoms with E-state index in [0.717, 1.165) is 45.6 Å². The van der Waals surface area contributed by atoms with Crippen molar-refractivity contribution in [2.24, 2.45) is 5.92 Å². The van der Waals surface area contributed by atoms with E-state index in [1.54, 1.807) is 18.3 Å². The van der Waals surface area contributed by atoms with E-state index >= 15 is 0 Å². The maximum absolute atomic E-state index is 12.4. The van der Waals surface area contributed by atoms with Crippen LogP contribution < -0.4 is 0 Å². The first kappa shape index (κ1) is 16.2. The molecule has 1 aromatic rings. The third-order valence-corrected chi connectivity index (χ3v) is 4.49. The van der Waals surface area contributed by atoms with E-state index in [4.69, 9.17) is 11.6 Å². The van der Waals surface area contributed by atoms with Crippen molar-refractivity contribution in [3.8, 4) is 0 Å². The number of pyridine rings is 1. The molecule has 5 heteroatoms. The summed E-state index contributed by atoms with van der Waals surface area (Å²) in [6, 6.07) is 3.38. The highest BCUT2D eigenvalue weighted by Gasteiger charge is 2.24. The highest BCUT2D eigenvalue weighted by atomic mass is 35.5. The second-order valence-corrected chi connectivity index (χ2v) is 5.98. The fraction of sp³-hybridized carbons (Fsp3) is 0.625. The molecule has 116 valence electrons. The van der Waals surface area contributed by atoms with Crippen LogP contribution in [0.2, 0.25) is 5.15 Å². The second kappa shape index (κ2) is 7.76. The van der Waals surface area contributed by atoms with Crippen molar-refractivity contribution >= 4 is 17.5 Å². The van der Waals surface area contributed by atoms with Gasteiger partial charge in [-0.2, -0.15) is 0 Å². The van der Waals surface area contributed by atoms with Crippen molar-refractivity contribution in [1.82, 2.24) is 14.8 Å². The molecule has 1 amide bonds. The third kappa shape index (κ3) is 4.42. The molecule has 0 aromatic carbocycles. The molecule has 0 saturated carbocycles. The van der Waals surface area contributed by atoms with Gasteiger partial charge in [0.1, 0.15) is 5.15 Å². The Labute approximate surface area is 132 Å². The molecule has 2 rings (SSSR count). The van der Waals surface area contributed by atoms with Gasteiger partial charge in [-0.3, -0.25) is 4.79 Å². The summed E-state index contributed by atoms with van der Waals surface area (Å²) in [5, 5.41) is 0.372. The van der Waals surface area contributed by atoms with E-state index in [0.29, 0.717) is 16.6 Å². The van der Waals surface area contributed by atoms with Gasteiger partial charge in [0, 0.05) is 31.4 Å². The lowest BCUT2D eigenvalue weighted by atomic mass is 9.95. The molecule has 0 N–H and O–H groups in total.